The number of carbonyl (C=O) groups is 2. The molecule has 2 amide bonds. The molecule has 3 rings (SSSR count). The molecule has 5 nitrogen and oxygen atoms in total. The molecule has 1 aromatic rings. The van der Waals surface area contributed by atoms with Gasteiger partial charge in [-0.25, -0.2) is 9.18 Å². The molecule has 1 aliphatic carbocycles. The highest BCUT2D eigenvalue weighted by atomic mass is 19.1. The second-order valence-electron chi connectivity index (χ2n) is 5.22. The van der Waals surface area contributed by atoms with Crippen molar-refractivity contribution in [2.24, 2.45) is 0 Å². The van der Waals surface area contributed by atoms with Crippen LogP contribution in [0.1, 0.15) is 19.8 Å². The van der Waals surface area contributed by atoms with Crippen molar-refractivity contribution in [3.05, 3.63) is 41.7 Å². The summed E-state index contributed by atoms with van der Waals surface area (Å²) in [7, 11) is 0. The average Bonchev–Trinajstić information content (AvgIpc) is 3.22. The summed E-state index contributed by atoms with van der Waals surface area (Å²) in [6.07, 6.45) is 2.19. The lowest BCUT2D eigenvalue weighted by Crippen LogP contribution is -2.39. The molecule has 1 fully saturated rings. The number of rotatable bonds is 3. The predicted octanol–water partition coefficient (Wildman–Crippen LogP) is 2.65. The van der Waals surface area contributed by atoms with E-state index in [1.807, 2.05) is 0 Å². The van der Waals surface area contributed by atoms with Gasteiger partial charge in [0.2, 0.25) is 0 Å². The van der Waals surface area contributed by atoms with E-state index in [9.17, 15) is 14.0 Å². The number of amides is 2. The average molecular weight is 290 g/mol. The van der Waals surface area contributed by atoms with Crippen LogP contribution >= 0.6 is 0 Å². The maximum Gasteiger partial charge on any atom is 0.413 e. The highest BCUT2D eigenvalue weighted by molar-refractivity contribution is 5.96. The summed E-state index contributed by atoms with van der Waals surface area (Å²) in [6.45, 7) is 1.71. The Bertz CT molecular complexity index is 608. The monoisotopic (exact) mass is 290 g/mol. The Morgan fingerprint density at radius 2 is 2.00 bits per heavy atom. The molecule has 2 aliphatic rings. The molecule has 0 saturated heterocycles. The maximum atomic E-state index is 12.8. The minimum absolute atomic E-state index is 0.0860. The standard InChI is InChI=1S/C15H15FN2O3/c1-9-8-13(18(14(9)19)12-6-7-12)21-15(20)17-11-4-2-10(16)3-5-11/h2-5,8,12-13H,6-7H2,1H3,(H,17,20). The van der Waals surface area contributed by atoms with Gasteiger partial charge in [-0.3, -0.25) is 15.0 Å². The number of nitrogens with one attached hydrogen (secondary N) is 1. The summed E-state index contributed by atoms with van der Waals surface area (Å²) in [5, 5.41) is 2.51. The van der Waals surface area contributed by atoms with Crippen molar-refractivity contribution in [2.75, 3.05) is 5.32 Å². The van der Waals surface area contributed by atoms with Crippen LogP contribution in [0, 0.1) is 5.82 Å². The first-order chi connectivity index (χ1) is 10.0. The summed E-state index contributed by atoms with van der Waals surface area (Å²) in [5.41, 5.74) is 1.02. The Labute approximate surface area is 121 Å². The normalized spacial score (nSPS) is 21.2. The van der Waals surface area contributed by atoms with Gasteiger partial charge >= 0.3 is 6.09 Å². The molecule has 1 N–H and O–H groups in total. The van der Waals surface area contributed by atoms with Crippen molar-refractivity contribution in [2.45, 2.75) is 32.0 Å². The highest BCUT2D eigenvalue weighted by Crippen LogP contribution is 2.34. The van der Waals surface area contributed by atoms with Gasteiger partial charge in [0.25, 0.3) is 5.91 Å². The lowest BCUT2D eigenvalue weighted by molar-refractivity contribution is -0.132. The van der Waals surface area contributed by atoms with Crippen molar-refractivity contribution in [3.63, 3.8) is 0 Å². The maximum absolute atomic E-state index is 12.8. The third-order valence-corrected chi connectivity index (χ3v) is 3.50. The van der Waals surface area contributed by atoms with Gasteiger partial charge in [-0.1, -0.05) is 0 Å². The van der Waals surface area contributed by atoms with Crippen LogP contribution in [0.5, 0.6) is 0 Å². The molecule has 1 atom stereocenters. The van der Waals surface area contributed by atoms with Gasteiger partial charge in [0.1, 0.15) is 5.82 Å². The van der Waals surface area contributed by atoms with E-state index < -0.39 is 12.3 Å². The van der Waals surface area contributed by atoms with Gasteiger partial charge in [0, 0.05) is 17.3 Å². The van der Waals surface area contributed by atoms with Gasteiger partial charge in [-0.15, -0.1) is 0 Å². The third-order valence-electron chi connectivity index (χ3n) is 3.50. The van der Waals surface area contributed by atoms with Crippen molar-refractivity contribution in [1.82, 2.24) is 4.90 Å². The summed E-state index contributed by atoms with van der Waals surface area (Å²) < 4.78 is 18.1. The second-order valence-corrected chi connectivity index (χ2v) is 5.22. The minimum Gasteiger partial charge on any atom is -0.421 e. The number of halogens is 1. The second kappa shape index (κ2) is 5.20. The molecule has 21 heavy (non-hydrogen) atoms. The summed E-state index contributed by atoms with van der Waals surface area (Å²) in [6, 6.07) is 5.53. The van der Waals surface area contributed by atoms with Crippen LogP contribution in [0.2, 0.25) is 0 Å². The van der Waals surface area contributed by atoms with Crippen molar-refractivity contribution in [1.29, 1.82) is 0 Å². The lowest BCUT2D eigenvalue weighted by atomic mass is 10.3. The van der Waals surface area contributed by atoms with Gasteiger partial charge in [-0.2, -0.15) is 0 Å². The highest BCUT2D eigenvalue weighted by Gasteiger charge is 2.42. The van der Waals surface area contributed by atoms with E-state index in [-0.39, 0.29) is 17.8 Å². The number of nitrogens with zero attached hydrogens (tertiary/aromatic N) is 1. The minimum atomic E-state index is -0.670. The molecule has 1 heterocycles. The molecular formula is C15H15FN2O3. The molecule has 0 bridgehead atoms. The van der Waals surface area contributed by atoms with Gasteiger partial charge in [0.05, 0.1) is 0 Å². The quantitative estimate of drug-likeness (QED) is 0.931. The fourth-order valence-electron chi connectivity index (χ4n) is 2.29. The van der Waals surface area contributed by atoms with Crippen LogP contribution in [0.3, 0.4) is 0 Å². The zero-order valence-electron chi connectivity index (χ0n) is 11.5. The van der Waals surface area contributed by atoms with Gasteiger partial charge in [-0.05, 0) is 50.1 Å². The van der Waals surface area contributed by atoms with E-state index in [1.54, 1.807) is 17.9 Å². The molecule has 0 aromatic heterocycles. The van der Waals surface area contributed by atoms with E-state index in [0.717, 1.165) is 12.8 Å². The van der Waals surface area contributed by atoms with E-state index >= 15 is 0 Å². The van der Waals surface area contributed by atoms with Crippen LogP contribution in [0.25, 0.3) is 0 Å². The molecule has 1 unspecified atom stereocenters. The summed E-state index contributed by atoms with van der Waals surface area (Å²) in [5.74, 6) is -0.467. The smallest absolute Gasteiger partial charge is 0.413 e. The number of hydrogen-bond donors (Lipinski definition) is 1. The molecule has 6 heteroatoms. The number of ether oxygens (including phenoxy) is 1. The van der Waals surface area contributed by atoms with Crippen LogP contribution in [0.15, 0.2) is 35.9 Å². The SMILES string of the molecule is CC1=CC(OC(=O)Nc2ccc(F)cc2)N(C2CC2)C1=O. The number of anilines is 1. The Hall–Kier alpha value is -2.37. The number of benzene rings is 1. The number of carbonyl (C=O) groups excluding carboxylic acids is 2. The molecule has 1 aromatic carbocycles. The van der Waals surface area contributed by atoms with Crippen LogP contribution < -0.4 is 5.32 Å². The molecular weight excluding hydrogens is 275 g/mol. The van der Waals surface area contributed by atoms with Crippen molar-refractivity contribution < 1.29 is 18.7 Å². The largest absolute Gasteiger partial charge is 0.421 e. The lowest BCUT2D eigenvalue weighted by Gasteiger charge is -2.24. The molecule has 0 spiro atoms. The van der Waals surface area contributed by atoms with E-state index in [1.165, 1.54) is 24.3 Å². The summed E-state index contributed by atoms with van der Waals surface area (Å²) in [4.78, 5) is 25.4. The first-order valence-corrected chi connectivity index (χ1v) is 6.79. The molecule has 110 valence electrons. The van der Waals surface area contributed by atoms with E-state index in [0.29, 0.717) is 11.3 Å². The van der Waals surface area contributed by atoms with Crippen molar-refractivity contribution >= 4 is 17.7 Å². The zero-order chi connectivity index (χ0) is 15.0. The Morgan fingerprint density at radius 1 is 1.33 bits per heavy atom. The summed E-state index contributed by atoms with van der Waals surface area (Å²) >= 11 is 0. The number of hydrogen-bond acceptors (Lipinski definition) is 3. The van der Waals surface area contributed by atoms with Crippen LogP contribution in [0.4, 0.5) is 14.9 Å². The van der Waals surface area contributed by atoms with E-state index in [4.69, 9.17) is 4.74 Å². The fraction of sp³-hybridized carbons (Fsp3) is 0.333. The third kappa shape index (κ3) is 2.89. The van der Waals surface area contributed by atoms with E-state index in [2.05, 4.69) is 5.32 Å². The first kappa shape index (κ1) is 13.6. The molecule has 1 aliphatic heterocycles. The fourth-order valence-corrected chi connectivity index (χ4v) is 2.29. The topological polar surface area (TPSA) is 58.6 Å². The van der Waals surface area contributed by atoms with Crippen LogP contribution in [-0.2, 0) is 9.53 Å². The van der Waals surface area contributed by atoms with Crippen molar-refractivity contribution in [3.8, 4) is 0 Å². The van der Waals surface area contributed by atoms with Gasteiger partial charge in [0.15, 0.2) is 6.23 Å². The predicted molar refractivity (Wildman–Crippen MR) is 73.9 cm³/mol. The Kier molecular flexibility index (Phi) is 3.37. The molecule has 1 saturated carbocycles. The molecule has 0 radical (unpaired) electrons. The van der Waals surface area contributed by atoms with Gasteiger partial charge < -0.3 is 4.74 Å². The van der Waals surface area contributed by atoms with Crippen LogP contribution in [-0.4, -0.2) is 29.2 Å². The Balaban J connectivity index is 1.64. The first-order valence-electron chi connectivity index (χ1n) is 6.79. The Morgan fingerprint density at radius 3 is 2.62 bits per heavy atom. The zero-order valence-corrected chi connectivity index (χ0v) is 11.5.